The van der Waals surface area contributed by atoms with Crippen LogP contribution in [0.5, 0.6) is 0 Å². The van der Waals surface area contributed by atoms with E-state index in [-0.39, 0.29) is 31.8 Å². The van der Waals surface area contributed by atoms with E-state index in [1.165, 1.54) is 6.92 Å². The lowest BCUT2D eigenvalue weighted by molar-refractivity contribution is -0.137. The van der Waals surface area contributed by atoms with E-state index < -0.39 is 19.2 Å². The van der Waals surface area contributed by atoms with Crippen LogP contribution in [0.1, 0.15) is 33.6 Å². The molecule has 0 aliphatic rings. The summed E-state index contributed by atoms with van der Waals surface area (Å²) in [5.74, 6) is -1.42. The zero-order chi connectivity index (χ0) is 13.5. The van der Waals surface area contributed by atoms with Crippen molar-refractivity contribution >= 4 is 19.3 Å². The van der Waals surface area contributed by atoms with Gasteiger partial charge in [-0.2, -0.15) is 0 Å². The van der Waals surface area contributed by atoms with E-state index in [2.05, 4.69) is 0 Å². The first-order valence-electron chi connectivity index (χ1n) is 5.48. The lowest BCUT2D eigenvalue weighted by Crippen LogP contribution is -2.24. The first-order chi connectivity index (χ1) is 7.87. The molecule has 0 aromatic heterocycles. The van der Waals surface area contributed by atoms with Gasteiger partial charge in [-0.1, -0.05) is 0 Å². The fourth-order valence-corrected chi connectivity index (χ4v) is 3.20. The molecule has 0 saturated carbocycles. The molecule has 0 fully saturated rings. The minimum absolute atomic E-state index is 0.0397. The molecule has 6 nitrogen and oxygen atoms in total. The average Bonchev–Trinajstić information content (AvgIpc) is 2.17. The zero-order valence-corrected chi connectivity index (χ0v) is 11.2. The maximum Gasteiger partial charge on any atom is 0.344 e. The van der Waals surface area contributed by atoms with Crippen LogP contribution in [0.25, 0.3) is 0 Å². The van der Waals surface area contributed by atoms with Crippen LogP contribution < -0.4 is 0 Å². The van der Waals surface area contributed by atoms with Crippen molar-refractivity contribution < 1.29 is 28.3 Å². The summed E-state index contributed by atoms with van der Waals surface area (Å²) in [6.07, 6.45) is 0.00303. The Labute approximate surface area is 101 Å². The third-order valence-electron chi connectivity index (χ3n) is 2.05. The molecule has 0 rings (SSSR count). The maximum absolute atomic E-state index is 12.2. The van der Waals surface area contributed by atoms with Crippen molar-refractivity contribution in [3.8, 4) is 0 Å². The Balaban J connectivity index is 4.89. The van der Waals surface area contributed by atoms with Gasteiger partial charge in [0.2, 0.25) is 0 Å². The van der Waals surface area contributed by atoms with Crippen molar-refractivity contribution in [3.63, 3.8) is 0 Å². The quantitative estimate of drug-likeness (QED) is 0.642. The van der Waals surface area contributed by atoms with Crippen LogP contribution in [0.3, 0.4) is 0 Å². The van der Waals surface area contributed by atoms with Gasteiger partial charge in [-0.3, -0.25) is 9.36 Å². The summed E-state index contributed by atoms with van der Waals surface area (Å²) in [5, 5.41) is 9.03. The number of carboxylic acid groups (broad SMARTS) is 1. The van der Waals surface area contributed by atoms with Crippen molar-refractivity contribution in [2.45, 2.75) is 39.3 Å². The number of rotatable bonds is 9. The molecule has 0 saturated heterocycles. The highest BCUT2D eigenvalue weighted by Crippen LogP contribution is 2.54. The Morgan fingerprint density at radius 3 is 2.00 bits per heavy atom. The SMILES string of the molecule is CCOP(=O)(OCC)C(CCC(C)=O)C(=O)O. The van der Waals surface area contributed by atoms with Crippen LogP contribution >= 0.6 is 7.60 Å². The molecule has 1 atom stereocenters. The molecule has 0 aromatic rings. The van der Waals surface area contributed by atoms with Crippen LogP contribution in [-0.2, 0) is 23.2 Å². The molecule has 0 aliphatic heterocycles. The second kappa shape index (κ2) is 7.58. The summed E-state index contributed by atoms with van der Waals surface area (Å²) < 4.78 is 22.2. The van der Waals surface area contributed by atoms with Gasteiger partial charge in [-0.25, -0.2) is 0 Å². The highest BCUT2D eigenvalue weighted by atomic mass is 31.2. The summed E-state index contributed by atoms with van der Waals surface area (Å²) in [4.78, 5) is 21.9. The zero-order valence-electron chi connectivity index (χ0n) is 10.3. The fraction of sp³-hybridized carbons (Fsp3) is 0.800. The number of carbonyl (C=O) groups is 2. The number of carboxylic acids is 1. The van der Waals surface area contributed by atoms with Gasteiger partial charge in [-0.15, -0.1) is 0 Å². The molecule has 7 heteroatoms. The average molecular weight is 266 g/mol. The van der Waals surface area contributed by atoms with Gasteiger partial charge in [0, 0.05) is 6.42 Å². The van der Waals surface area contributed by atoms with Crippen LogP contribution in [0, 0.1) is 0 Å². The highest BCUT2D eigenvalue weighted by Gasteiger charge is 2.40. The van der Waals surface area contributed by atoms with Crippen molar-refractivity contribution in [1.82, 2.24) is 0 Å². The van der Waals surface area contributed by atoms with E-state index in [1.807, 2.05) is 0 Å². The van der Waals surface area contributed by atoms with E-state index >= 15 is 0 Å². The first kappa shape index (κ1) is 16.3. The summed E-state index contributed by atoms with van der Waals surface area (Å²) in [7, 11) is -3.69. The molecule has 0 aliphatic carbocycles. The van der Waals surface area contributed by atoms with Crippen LogP contribution in [0.2, 0.25) is 0 Å². The minimum atomic E-state index is -3.69. The summed E-state index contributed by atoms with van der Waals surface area (Å²) in [5.41, 5.74) is -1.29. The Bertz CT molecular complexity index is 304. The Hall–Kier alpha value is -0.710. The third-order valence-corrected chi connectivity index (χ3v) is 4.53. The van der Waals surface area contributed by atoms with Crippen molar-refractivity contribution in [1.29, 1.82) is 0 Å². The number of Topliss-reactive ketones (excluding diaryl/α,β-unsaturated/α-hetero) is 1. The molecule has 0 bridgehead atoms. The van der Waals surface area contributed by atoms with Gasteiger partial charge in [0.15, 0.2) is 5.66 Å². The van der Waals surface area contributed by atoms with E-state index in [4.69, 9.17) is 14.2 Å². The molecule has 0 radical (unpaired) electrons. The van der Waals surface area contributed by atoms with Gasteiger partial charge >= 0.3 is 13.6 Å². The molecule has 0 heterocycles. The number of ketones is 1. The predicted octanol–water partition coefficient (Wildman–Crippen LogP) is 2.07. The number of aliphatic carboxylic acids is 1. The largest absolute Gasteiger partial charge is 0.481 e. The van der Waals surface area contributed by atoms with E-state index in [0.717, 1.165) is 0 Å². The second-order valence-corrected chi connectivity index (χ2v) is 5.69. The Morgan fingerprint density at radius 1 is 1.24 bits per heavy atom. The Morgan fingerprint density at radius 2 is 1.71 bits per heavy atom. The van der Waals surface area contributed by atoms with Gasteiger partial charge in [0.25, 0.3) is 0 Å². The fourth-order valence-electron chi connectivity index (χ4n) is 1.33. The van der Waals surface area contributed by atoms with Gasteiger partial charge in [0.05, 0.1) is 13.2 Å². The smallest absolute Gasteiger partial charge is 0.344 e. The summed E-state index contributed by atoms with van der Waals surface area (Å²) in [6.45, 7) is 4.76. The molecule has 0 spiro atoms. The number of hydrogen-bond donors (Lipinski definition) is 1. The summed E-state index contributed by atoms with van der Waals surface area (Å²) >= 11 is 0. The predicted molar refractivity (Wildman–Crippen MR) is 62.2 cm³/mol. The molecular weight excluding hydrogens is 247 g/mol. The van der Waals surface area contributed by atoms with Crippen LogP contribution in [0.15, 0.2) is 0 Å². The van der Waals surface area contributed by atoms with Gasteiger partial charge in [0.1, 0.15) is 5.78 Å². The lowest BCUT2D eigenvalue weighted by Gasteiger charge is -2.22. The molecule has 0 amide bonds. The molecular formula is C10H19O6P. The number of hydrogen-bond acceptors (Lipinski definition) is 5. The normalized spacial score (nSPS) is 13.4. The van der Waals surface area contributed by atoms with Crippen LogP contribution in [-0.4, -0.2) is 35.7 Å². The van der Waals surface area contributed by atoms with E-state index in [9.17, 15) is 14.2 Å². The molecule has 1 unspecified atom stereocenters. The molecule has 0 aromatic carbocycles. The first-order valence-corrected chi connectivity index (χ1v) is 7.09. The third kappa shape index (κ3) is 5.44. The van der Waals surface area contributed by atoms with E-state index in [0.29, 0.717) is 0 Å². The number of carbonyl (C=O) groups excluding carboxylic acids is 1. The second-order valence-electron chi connectivity index (χ2n) is 3.47. The lowest BCUT2D eigenvalue weighted by atomic mass is 10.2. The van der Waals surface area contributed by atoms with Gasteiger partial charge in [-0.05, 0) is 27.2 Å². The molecule has 17 heavy (non-hydrogen) atoms. The van der Waals surface area contributed by atoms with Crippen LogP contribution in [0.4, 0.5) is 0 Å². The van der Waals surface area contributed by atoms with E-state index in [1.54, 1.807) is 13.8 Å². The highest BCUT2D eigenvalue weighted by molar-refractivity contribution is 7.55. The topological polar surface area (TPSA) is 89.9 Å². The standard InChI is InChI=1S/C10H19O6P/c1-4-15-17(14,16-5-2)9(10(12)13)7-6-8(3)11/h9H,4-7H2,1-3H3,(H,12,13). The van der Waals surface area contributed by atoms with Crippen molar-refractivity contribution in [2.24, 2.45) is 0 Å². The van der Waals surface area contributed by atoms with Crippen molar-refractivity contribution in [2.75, 3.05) is 13.2 Å². The monoisotopic (exact) mass is 266 g/mol. The molecule has 1 N–H and O–H groups in total. The Kier molecular flexibility index (Phi) is 7.27. The summed E-state index contributed by atoms with van der Waals surface area (Å²) in [6, 6.07) is 0. The minimum Gasteiger partial charge on any atom is -0.481 e. The maximum atomic E-state index is 12.2. The molecule has 100 valence electrons. The van der Waals surface area contributed by atoms with Gasteiger partial charge < -0.3 is 18.9 Å². The van der Waals surface area contributed by atoms with Crippen molar-refractivity contribution in [3.05, 3.63) is 0 Å².